The number of carbonyl (C=O) groups is 1. The van der Waals surface area contributed by atoms with E-state index in [1.807, 2.05) is 6.07 Å². The van der Waals surface area contributed by atoms with Gasteiger partial charge in [-0.1, -0.05) is 19.1 Å². The summed E-state index contributed by atoms with van der Waals surface area (Å²) in [6.07, 6.45) is 0.431. The SMILES string of the molecule is CCC(C#N)NC(=O)c1ccccc1OC(F)F. The first-order chi connectivity index (χ1) is 8.58. The first-order valence-corrected chi connectivity index (χ1v) is 5.32. The zero-order valence-corrected chi connectivity index (χ0v) is 9.69. The molecule has 0 spiro atoms. The topological polar surface area (TPSA) is 62.1 Å². The summed E-state index contributed by atoms with van der Waals surface area (Å²) in [6, 6.07) is 6.88. The number of nitrogens with zero attached hydrogens (tertiary/aromatic N) is 1. The first-order valence-electron chi connectivity index (χ1n) is 5.32. The molecule has 1 aromatic carbocycles. The maximum atomic E-state index is 12.2. The molecule has 18 heavy (non-hydrogen) atoms. The van der Waals surface area contributed by atoms with Crippen LogP contribution in [0.25, 0.3) is 0 Å². The summed E-state index contributed by atoms with van der Waals surface area (Å²) in [4.78, 5) is 11.8. The number of nitriles is 1. The first kappa shape index (κ1) is 13.9. The van der Waals surface area contributed by atoms with Crippen LogP contribution in [0.4, 0.5) is 8.78 Å². The lowest BCUT2D eigenvalue weighted by molar-refractivity contribution is -0.0501. The van der Waals surface area contributed by atoms with Crippen LogP contribution in [0.1, 0.15) is 23.7 Å². The lowest BCUT2D eigenvalue weighted by atomic mass is 10.1. The largest absolute Gasteiger partial charge is 0.434 e. The molecule has 0 fully saturated rings. The minimum atomic E-state index is -3.00. The Balaban J connectivity index is 2.88. The highest BCUT2D eigenvalue weighted by molar-refractivity contribution is 5.97. The van der Waals surface area contributed by atoms with Crippen LogP contribution in [0.2, 0.25) is 0 Å². The van der Waals surface area contributed by atoms with Crippen LogP contribution < -0.4 is 10.1 Å². The number of halogens is 2. The smallest absolute Gasteiger partial charge is 0.387 e. The number of carbonyl (C=O) groups excluding carboxylic acids is 1. The van der Waals surface area contributed by atoms with E-state index in [1.165, 1.54) is 24.3 Å². The number of ether oxygens (including phenoxy) is 1. The molecule has 1 aromatic rings. The number of hydrogen-bond donors (Lipinski definition) is 1. The Bertz CT molecular complexity index is 458. The molecule has 4 nitrogen and oxygen atoms in total. The predicted molar refractivity (Wildman–Crippen MR) is 60.2 cm³/mol. The van der Waals surface area contributed by atoms with Crippen molar-refractivity contribution in [3.8, 4) is 11.8 Å². The number of rotatable bonds is 5. The van der Waals surface area contributed by atoms with Crippen molar-refractivity contribution in [2.45, 2.75) is 26.0 Å². The summed E-state index contributed by atoms with van der Waals surface area (Å²) in [7, 11) is 0. The molecule has 0 heterocycles. The lowest BCUT2D eigenvalue weighted by Gasteiger charge is -2.12. The van der Waals surface area contributed by atoms with Gasteiger partial charge in [-0.15, -0.1) is 0 Å². The third kappa shape index (κ3) is 3.70. The standard InChI is InChI=1S/C12H12F2N2O2/c1-2-8(7-15)16-11(17)9-5-3-4-6-10(9)18-12(13)14/h3-6,8,12H,2H2,1H3,(H,16,17). The summed E-state index contributed by atoms with van der Waals surface area (Å²) >= 11 is 0. The Morgan fingerprint density at radius 2 is 2.17 bits per heavy atom. The lowest BCUT2D eigenvalue weighted by Crippen LogP contribution is -2.33. The van der Waals surface area contributed by atoms with Crippen LogP contribution in [-0.2, 0) is 0 Å². The van der Waals surface area contributed by atoms with Crippen LogP contribution in [0.15, 0.2) is 24.3 Å². The Kier molecular flexibility index (Phi) is 5.06. The highest BCUT2D eigenvalue weighted by Gasteiger charge is 2.17. The van der Waals surface area contributed by atoms with E-state index in [2.05, 4.69) is 10.1 Å². The molecule has 0 bridgehead atoms. The summed E-state index contributed by atoms with van der Waals surface area (Å²) in [5, 5.41) is 11.1. The number of benzene rings is 1. The molecule has 96 valence electrons. The number of hydrogen-bond acceptors (Lipinski definition) is 3. The van der Waals surface area contributed by atoms with Crippen molar-refractivity contribution in [2.24, 2.45) is 0 Å². The van der Waals surface area contributed by atoms with Gasteiger partial charge in [-0.2, -0.15) is 14.0 Å². The third-order valence-corrected chi connectivity index (χ3v) is 2.22. The summed E-state index contributed by atoms with van der Waals surface area (Å²) in [5.41, 5.74) is -0.0218. The Labute approximate surface area is 103 Å². The van der Waals surface area contributed by atoms with Gasteiger partial charge >= 0.3 is 6.61 Å². The molecule has 6 heteroatoms. The highest BCUT2D eigenvalue weighted by atomic mass is 19.3. The molecular weight excluding hydrogens is 242 g/mol. The van der Waals surface area contributed by atoms with Crippen molar-refractivity contribution in [3.63, 3.8) is 0 Å². The maximum Gasteiger partial charge on any atom is 0.387 e. The van der Waals surface area contributed by atoms with Crippen LogP contribution in [0.5, 0.6) is 5.75 Å². The van der Waals surface area contributed by atoms with Crippen molar-refractivity contribution in [1.82, 2.24) is 5.32 Å². The Morgan fingerprint density at radius 3 is 2.72 bits per heavy atom. The Morgan fingerprint density at radius 1 is 1.50 bits per heavy atom. The molecule has 1 rings (SSSR count). The van der Waals surface area contributed by atoms with Gasteiger partial charge in [0.25, 0.3) is 5.91 Å². The van der Waals surface area contributed by atoms with E-state index >= 15 is 0 Å². The van der Waals surface area contributed by atoms with Gasteiger partial charge in [0.1, 0.15) is 11.8 Å². The van der Waals surface area contributed by atoms with E-state index < -0.39 is 18.6 Å². The van der Waals surface area contributed by atoms with E-state index in [9.17, 15) is 13.6 Å². The number of alkyl halides is 2. The van der Waals surface area contributed by atoms with E-state index in [0.717, 1.165) is 0 Å². The quantitative estimate of drug-likeness (QED) is 0.877. The maximum absolute atomic E-state index is 12.2. The molecule has 1 amide bonds. The fourth-order valence-corrected chi connectivity index (χ4v) is 1.31. The van der Waals surface area contributed by atoms with Gasteiger partial charge in [0.15, 0.2) is 0 Å². The average molecular weight is 254 g/mol. The fourth-order valence-electron chi connectivity index (χ4n) is 1.31. The second kappa shape index (κ2) is 6.55. The van der Waals surface area contributed by atoms with Crippen LogP contribution >= 0.6 is 0 Å². The molecule has 0 aliphatic carbocycles. The van der Waals surface area contributed by atoms with Gasteiger partial charge in [0.2, 0.25) is 0 Å². The van der Waals surface area contributed by atoms with Gasteiger partial charge in [0.05, 0.1) is 11.6 Å². The van der Waals surface area contributed by atoms with Gasteiger partial charge in [0, 0.05) is 0 Å². The molecule has 0 radical (unpaired) electrons. The normalized spacial score (nSPS) is 11.7. The van der Waals surface area contributed by atoms with E-state index in [4.69, 9.17) is 5.26 Å². The molecule has 0 aliphatic rings. The van der Waals surface area contributed by atoms with E-state index in [1.54, 1.807) is 6.92 Å². The summed E-state index contributed by atoms with van der Waals surface area (Å²) in [5.74, 6) is -0.822. The average Bonchev–Trinajstić information content (AvgIpc) is 2.35. The molecule has 0 aliphatic heterocycles. The molecule has 1 N–H and O–H groups in total. The highest BCUT2D eigenvalue weighted by Crippen LogP contribution is 2.20. The zero-order valence-electron chi connectivity index (χ0n) is 9.69. The predicted octanol–water partition coefficient (Wildman–Crippen LogP) is 2.32. The summed E-state index contributed by atoms with van der Waals surface area (Å²) < 4.78 is 28.5. The van der Waals surface area contributed by atoms with Gasteiger partial charge in [-0.3, -0.25) is 4.79 Å². The van der Waals surface area contributed by atoms with Crippen LogP contribution in [-0.4, -0.2) is 18.6 Å². The zero-order chi connectivity index (χ0) is 13.5. The molecule has 1 unspecified atom stereocenters. The van der Waals surface area contributed by atoms with Gasteiger partial charge in [-0.05, 0) is 18.6 Å². The fraction of sp³-hybridized carbons (Fsp3) is 0.333. The third-order valence-electron chi connectivity index (χ3n) is 2.22. The molecule has 0 saturated heterocycles. The van der Waals surface area contributed by atoms with Crippen molar-refractivity contribution in [1.29, 1.82) is 5.26 Å². The number of nitrogens with one attached hydrogen (secondary N) is 1. The number of para-hydroxylation sites is 1. The van der Waals surface area contributed by atoms with Crippen molar-refractivity contribution < 1.29 is 18.3 Å². The molecule has 0 saturated carbocycles. The Hall–Kier alpha value is -2.16. The summed E-state index contributed by atoms with van der Waals surface area (Å²) in [6.45, 7) is -1.27. The van der Waals surface area contributed by atoms with Crippen molar-refractivity contribution in [3.05, 3.63) is 29.8 Å². The van der Waals surface area contributed by atoms with Crippen molar-refractivity contribution in [2.75, 3.05) is 0 Å². The van der Waals surface area contributed by atoms with Crippen molar-refractivity contribution >= 4 is 5.91 Å². The minimum Gasteiger partial charge on any atom is -0.434 e. The second-order valence-electron chi connectivity index (χ2n) is 3.44. The molecule has 0 aromatic heterocycles. The van der Waals surface area contributed by atoms with E-state index in [0.29, 0.717) is 6.42 Å². The van der Waals surface area contributed by atoms with Crippen LogP contribution in [0, 0.1) is 11.3 Å². The molecular formula is C12H12F2N2O2. The second-order valence-corrected chi connectivity index (χ2v) is 3.44. The minimum absolute atomic E-state index is 0.0218. The van der Waals surface area contributed by atoms with E-state index in [-0.39, 0.29) is 11.3 Å². The van der Waals surface area contributed by atoms with Crippen LogP contribution in [0.3, 0.4) is 0 Å². The van der Waals surface area contributed by atoms with Gasteiger partial charge in [-0.25, -0.2) is 0 Å². The van der Waals surface area contributed by atoms with Gasteiger partial charge < -0.3 is 10.1 Å². The molecule has 1 atom stereocenters. The number of amides is 1. The monoisotopic (exact) mass is 254 g/mol.